The van der Waals surface area contributed by atoms with Crippen LogP contribution < -0.4 is 21.8 Å². The van der Waals surface area contributed by atoms with Crippen molar-refractivity contribution >= 4 is 45.1 Å². The van der Waals surface area contributed by atoms with Gasteiger partial charge in [-0.15, -0.1) is 0 Å². The molecule has 0 aliphatic rings. The lowest BCUT2D eigenvalue weighted by Crippen LogP contribution is -2.28. The van der Waals surface area contributed by atoms with Crippen molar-refractivity contribution in [3.8, 4) is 22.5 Å². The van der Waals surface area contributed by atoms with Crippen molar-refractivity contribution in [2.24, 2.45) is 0 Å². The zero-order valence-electron chi connectivity index (χ0n) is 30.6. The van der Waals surface area contributed by atoms with E-state index < -0.39 is 11.4 Å². The van der Waals surface area contributed by atoms with Crippen LogP contribution in [-0.4, -0.2) is 41.1 Å². The second-order valence-corrected chi connectivity index (χ2v) is 12.3. The molecule has 12 nitrogen and oxygen atoms in total. The molecule has 55 heavy (non-hydrogen) atoms. The predicted molar refractivity (Wildman–Crippen MR) is 212 cm³/mol. The first-order valence-corrected chi connectivity index (χ1v) is 17.5. The van der Waals surface area contributed by atoms with Gasteiger partial charge in [0.25, 0.3) is 11.1 Å². The highest BCUT2D eigenvalue weighted by atomic mass is 19.1. The van der Waals surface area contributed by atoms with E-state index in [-0.39, 0.29) is 39.6 Å². The summed E-state index contributed by atoms with van der Waals surface area (Å²) in [6.45, 7) is 7.18. The number of benzene rings is 3. The molecule has 7 rings (SSSR count). The highest BCUT2D eigenvalue weighted by molar-refractivity contribution is 6.07. The lowest BCUT2D eigenvalue weighted by atomic mass is 10.0. The van der Waals surface area contributed by atoms with Crippen molar-refractivity contribution in [1.29, 1.82) is 0 Å². The third kappa shape index (κ3) is 8.10. The van der Waals surface area contributed by atoms with E-state index in [0.717, 1.165) is 22.0 Å². The average molecular weight is 737 g/mol. The van der Waals surface area contributed by atoms with Crippen LogP contribution in [0, 0.1) is 5.82 Å². The first-order valence-electron chi connectivity index (χ1n) is 17.5. The Morgan fingerprint density at radius 3 is 1.78 bits per heavy atom. The molecule has 3 aromatic carbocycles. The Balaban J connectivity index is 0.000000188. The van der Waals surface area contributed by atoms with Gasteiger partial charge in [-0.25, -0.2) is 13.8 Å². The Kier molecular flexibility index (Phi) is 11.4. The highest BCUT2D eigenvalue weighted by Gasteiger charge is 2.23. The predicted octanol–water partition coefficient (Wildman–Crippen LogP) is 7.84. The standard InChI is InChI=1S/C23H20N4O2.C19H17FN4O2/c1-3-27-23(29)22(25-19-11-7-10-17-14-24-13-12-18(17)19)20(15(2)28)21(26-27)16-8-5-4-6-9-16;1-3-24-19(26)18(22-15-5-4-10-21-11-15)16(12(2)25)17(23-24)13-6-8-14(20)9-7-13/h4-14,25H,3H2,1-2H3;4-11,22H,3H2,1-2H3. The zero-order valence-corrected chi connectivity index (χ0v) is 30.6. The van der Waals surface area contributed by atoms with Crippen LogP contribution in [0.4, 0.5) is 27.1 Å². The molecule has 4 heterocycles. The lowest BCUT2D eigenvalue weighted by molar-refractivity contribution is 0.101. The summed E-state index contributed by atoms with van der Waals surface area (Å²) in [6, 6.07) is 26.1. The van der Waals surface area contributed by atoms with Crippen LogP contribution in [-0.2, 0) is 13.1 Å². The number of nitrogens with zero attached hydrogens (tertiary/aromatic N) is 6. The third-order valence-electron chi connectivity index (χ3n) is 8.65. The lowest BCUT2D eigenvalue weighted by Gasteiger charge is -2.17. The number of aromatic nitrogens is 6. The number of rotatable bonds is 10. The summed E-state index contributed by atoms with van der Waals surface area (Å²) in [6.07, 6.45) is 6.62. The Morgan fingerprint density at radius 2 is 1.22 bits per heavy atom. The molecule has 0 saturated carbocycles. The van der Waals surface area contributed by atoms with Gasteiger partial charge in [-0.05, 0) is 76.2 Å². The fourth-order valence-electron chi connectivity index (χ4n) is 6.04. The molecule has 0 aliphatic heterocycles. The van der Waals surface area contributed by atoms with Crippen molar-refractivity contribution in [3.05, 3.63) is 153 Å². The number of Topliss-reactive ketones (excluding diaryl/α,β-unsaturated/α-hetero) is 2. The number of hydrogen-bond donors (Lipinski definition) is 2. The van der Waals surface area contributed by atoms with E-state index in [0.29, 0.717) is 35.7 Å². The number of pyridine rings is 2. The minimum Gasteiger partial charge on any atom is -0.350 e. The van der Waals surface area contributed by atoms with Gasteiger partial charge < -0.3 is 10.6 Å². The smallest absolute Gasteiger partial charge is 0.291 e. The topological polar surface area (TPSA) is 154 Å². The van der Waals surface area contributed by atoms with Gasteiger partial charge in [-0.1, -0.05) is 42.5 Å². The minimum atomic E-state index is -0.410. The molecule has 0 bridgehead atoms. The van der Waals surface area contributed by atoms with Gasteiger partial charge in [0.15, 0.2) is 11.6 Å². The first kappa shape index (κ1) is 37.6. The number of carbonyl (C=O) groups is 2. The summed E-state index contributed by atoms with van der Waals surface area (Å²) < 4.78 is 15.9. The third-order valence-corrected chi connectivity index (χ3v) is 8.65. The fourth-order valence-corrected chi connectivity index (χ4v) is 6.04. The Hall–Kier alpha value is -7.15. The van der Waals surface area contributed by atoms with Crippen LogP contribution in [0.5, 0.6) is 0 Å². The Bertz CT molecular complexity index is 2620. The summed E-state index contributed by atoms with van der Waals surface area (Å²) in [4.78, 5) is 59.0. The van der Waals surface area contributed by atoms with E-state index in [1.807, 2.05) is 61.5 Å². The SMILES string of the molecule is CCn1nc(-c2ccc(F)cc2)c(C(C)=O)c(Nc2cccnc2)c1=O.CCn1nc(-c2ccccc2)c(C(C)=O)c(Nc2cccc3cnccc23)c1=O. The van der Waals surface area contributed by atoms with E-state index in [4.69, 9.17) is 0 Å². The maximum absolute atomic E-state index is 13.3. The molecule has 0 saturated heterocycles. The normalized spacial score (nSPS) is 10.7. The molecule has 4 aromatic heterocycles. The number of ketones is 2. The summed E-state index contributed by atoms with van der Waals surface area (Å²) >= 11 is 0. The van der Waals surface area contributed by atoms with Gasteiger partial charge in [-0.3, -0.25) is 29.1 Å². The number of halogens is 1. The van der Waals surface area contributed by atoms with Crippen LogP contribution in [0.1, 0.15) is 48.4 Å². The van der Waals surface area contributed by atoms with Crippen molar-refractivity contribution in [2.45, 2.75) is 40.8 Å². The second-order valence-electron chi connectivity index (χ2n) is 12.3. The summed E-state index contributed by atoms with van der Waals surface area (Å²) in [5.41, 5.74) is 3.53. The summed E-state index contributed by atoms with van der Waals surface area (Å²) in [5.74, 6) is -0.930. The number of carbonyl (C=O) groups excluding carboxylic acids is 2. The maximum atomic E-state index is 13.3. The van der Waals surface area contributed by atoms with E-state index in [9.17, 15) is 23.6 Å². The molecule has 0 radical (unpaired) electrons. The van der Waals surface area contributed by atoms with Gasteiger partial charge in [0.2, 0.25) is 0 Å². The van der Waals surface area contributed by atoms with Gasteiger partial charge in [-0.2, -0.15) is 10.2 Å². The van der Waals surface area contributed by atoms with Crippen LogP contribution in [0.25, 0.3) is 33.3 Å². The number of hydrogen-bond acceptors (Lipinski definition) is 10. The fraction of sp³-hybridized carbons (Fsp3) is 0.143. The minimum absolute atomic E-state index is 0.127. The van der Waals surface area contributed by atoms with Crippen molar-refractivity contribution < 1.29 is 14.0 Å². The van der Waals surface area contributed by atoms with Crippen LogP contribution in [0.3, 0.4) is 0 Å². The van der Waals surface area contributed by atoms with Gasteiger partial charge in [0, 0.05) is 59.3 Å². The molecule has 0 unspecified atom stereocenters. The quantitative estimate of drug-likeness (QED) is 0.133. The monoisotopic (exact) mass is 736 g/mol. The van der Waals surface area contributed by atoms with Crippen molar-refractivity contribution in [1.82, 2.24) is 29.5 Å². The summed E-state index contributed by atoms with van der Waals surface area (Å²) in [7, 11) is 0. The van der Waals surface area contributed by atoms with Crippen LogP contribution >= 0.6 is 0 Å². The largest absolute Gasteiger partial charge is 0.350 e. The highest BCUT2D eigenvalue weighted by Crippen LogP contribution is 2.31. The van der Waals surface area contributed by atoms with E-state index in [1.165, 1.54) is 47.5 Å². The molecule has 0 fully saturated rings. The first-order chi connectivity index (χ1) is 26.6. The zero-order chi connectivity index (χ0) is 39.1. The molecule has 7 aromatic rings. The molecule has 0 spiro atoms. The molecule has 0 atom stereocenters. The van der Waals surface area contributed by atoms with Crippen LogP contribution in [0.2, 0.25) is 0 Å². The average Bonchev–Trinajstić information content (AvgIpc) is 3.20. The molecular weight excluding hydrogens is 700 g/mol. The Labute approximate surface area is 315 Å². The number of aryl methyl sites for hydroxylation is 2. The maximum Gasteiger partial charge on any atom is 0.291 e. The molecular formula is C42H37FN8O4. The molecule has 276 valence electrons. The second kappa shape index (κ2) is 16.7. The number of anilines is 4. The van der Waals surface area contributed by atoms with Crippen molar-refractivity contribution in [2.75, 3.05) is 10.6 Å². The molecule has 0 amide bonds. The summed E-state index contributed by atoms with van der Waals surface area (Å²) in [5, 5.41) is 16.9. The Morgan fingerprint density at radius 1 is 0.636 bits per heavy atom. The van der Waals surface area contributed by atoms with Gasteiger partial charge >= 0.3 is 0 Å². The number of nitrogens with one attached hydrogen (secondary N) is 2. The van der Waals surface area contributed by atoms with E-state index >= 15 is 0 Å². The number of fused-ring (bicyclic) bond motifs is 1. The van der Waals surface area contributed by atoms with Gasteiger partial charge in [0.1, 0.15) is 28.6 Å². The van der Waals surface area contributed by atoms with Gasteiger partial charge in [0.05, 0.1) is 23.0 Å². The van der Waals surface area contributed by atoms with E-state index in [2.05, 4.69) is 30.8 Å². The molecule has 13 heteroatoms. The van der Waals surface area contributed by atoms with Crippen molar-refractivity contribution in [3.63, 3.8) is 0 Å². The molecule has 2 N–H and O–H groups in total. The molecule has 0 aliphatic carbocycles. The van der Waals surface area contributed by atoms with Crippen LogP contribution in [0.15, 0.2) is 125 Å². The van der Waals surface area contributed by atoms with E-state index in [1.54, 1.807) is 43.8 Å².